The van der Waals surface area contributed by atoms with Gasteiger partial charge >= 0.3 is 6.03 Å². The van der Waals surface area contributed by atoms with Gasteiger partial charge in [0, 0.05) is 18.7 Å². The third kappa shape index (κ3) is 3.76. The van der Waals surface area contributed by atoms with Gasteiger partial charge < -0.3 is 24.1 Å². The van der Waals surface area contributed by atoms with Crippen molar-refractivity contribution in [3.8, 4) is 23.0 Å². The highest BCUT2D eigenvalue weighted by molar-refractivity contribution is 5.89. The number of anilines is 1. The first-order valence-electron chi connectivity index (χ1n) is 9.82. The van der Waals surface area contributed by atoms with Crippen molar-refractivity contribution < 1.29 is 27.5 Å². The molecule has 2 amide bonds. The number of carbonyl (C=O) groups is 1. The zero-order chi connectivity index (χ0) is 21.4. The standard InChI is InChI=1S/C21H18F2N4O4/c22-14-4-1-5-15(23)18(14)24-21(28)27-8-2-3-13(10-27)20-26-25-19(31-20)12-6-7-16-17(9-12)30-11-29-16/h1,4-7,9,13H,2-3,8,10-11H2,(H,24,28). The normalized spacial score (nSPS) is 17.6. The zero-order valence-corrected chi connectivity index (χ0v) is 16.3. The quantitative estimate of drug-likeness (QED) is 0.674. The predicted octanol–water partition coefficient (Wildman–Crippen LogP) is 4.16. The van der Waals surface area contributed by atoms with E-state index in [1.54, 1.807) is 18.2 Å². The third-order valence-corrected chi connectivity index (χ3v) is 5.31. The summed E-state index contributed by atoms with van der Waals surface area (Å²) < 4.78 is 44.2. The Morgan fingerprint density at radius 2 is 1.90 bits per heavy atom. The number of nitrogens with zero attached hydrogens (tertiary/aromatic N) is 3. The van der Waals surface area contributed by atoms with Crippen molar-refractivity contribution >= 4 is 11.7 Å². The van der Waals surface area contributed by atoms with Gasteiger partial charge in [0.1, 0.15) is 17.3 Å². The Balaban J connectivity index is 1.29. The molecule has 0 bridgehead atoms. The number of hydrogen-bond donors (Lipinski definition) is 1. The van der Waals surface area contributed by atoms with E-state index in [0.717, 1.165) is 18.6 Å². The highest BCUT2D eigenvalue weighted by atomic mass is 19.1. The van der Waals surface area contributed by atoms with E-state index in [1.807, 2.05) is 0 Å². The molecule has 2 aliphatic heterocycles. The van der Waals surface area contributed by atoms with Gasteiger partial charge in [0.25, 0.3) is 0 Å². The minimum Gasteiger partial charge on any atom is -0.454 e. The van der Waals surface area contributed by atoms with Crippen molar-refractivity contribution in [2.24, 2.45) is 0 Å². The van der Waals surface area contributed by atoms with Gasteiger partial charge in [-0.1, -0.05) is 6.07 Å². The summed E-state index contributed by atoms with van der Waals surface area (Å²) in [6.07, 6.45) is 1.44. The first-order chi connectivity index (χ1) is 15.1. The number of piperidine rings is 1. The van der Waals surface area contributed by atoms with Crippen LogP contribution >= 0.6 is 0 Å². The maximum Gasteiger partial charge on any atom is 0.322 e. The van der Waals surface area contributed by atoms with Crippen LogP contribution in [0.2, 0.25) is 0 Å². The van der Waals surface area contributed by atoms with Crippen LogP contribution in [0.5, 0.6) is 11.5 Å². The van der Waals surface area contributed by atoms with Crippen molar-refractivity contribution in [1.82, 2.24) is 15.1 Å². The van der Waals surface area contributed by atoms with Gasteiger partial charge in [-0.25, -0.2) is 13.6 Å². The highest BCUT2D eigenvalue weighted by Crippen LogP contribution is 2.36. The Morgan fingerprint density at radius 1 is 1.10 bits per heavy atom. The van der Waals surface area contributed by atoms with Crippen LogP contribution in [0, 0.1) is 11.6 Å². The molecule has 2 aliphatic rings. The van der Waals surface area contributed by atoms with Crippen LogP contribution in [0.1, 0.15) is 24.7 Å². The fraction of sp³-hybridized carbons (Fsp3) is 0.286. The molecule has 0 spiro atoms. The van der Waals surface area contributed by atoms with Gasteiger partial charge in [0.05, 0.1) is 5.92 Å². The molecule has 31 heavy (non-hydrogen) atoms. The van der Waals surface area contributed by atoms with Crippen molar-refractivity contribution in [2.75, 3.05) is 25.2 Å². The number of aromatic nitrogens is 2. The van der Waals surface area contributed by atoms with Gasteiger partial charge in [-0.15, -0.1) is 10.2 Å². The second kappa shape index (κ2) is 7.86. The molecule has 8 nitrogen and oxygen atoms in total. The Hall–Kier alpha value is -3.69. The Labute approximate surface area is 175 Å². The first kappa shape index (κ1) is 19.3. The fourth-order valence-corrected chi connectivity index (χ4v) is 3.71. The monoisotopic (exact) mass is 428 g/mol. The number of para-hydroxylation sites is 1. The molecule has 1 unspecified atom stereocenters. The number of amides is 2. The Morgan fingerprint density at radius 3 is 2.74 bits per heavy atom. The number of benzene rings is 2. The van der Waals surface area contributed by atoms with E-state index in [4.69, 9.17) is 13.9 Å². The lowest BCUT2D eigenvalue weighted by Gasteiger charge is -2.31. The van der Waals surface area contributed by atoms with E-state index in [1.165, 1.54) is 11.0 Å². The summed E-state index contributed by atoms with van der Waals surface area (Å²) in [6.45, 7) is 0.927. The molecule has 0 aliphatic carbocycles. The first-order valence-corrected chi connectivity index (χ1v) is 9.82. The number of ether oxygens (including phenoxy) is 2. The van der Waals surface area contributed by atoms with Crippen LogP contribution in [0.3, 0.4) is 0 Å². The van der Waals surface area contributed by atoms with Crippen LogP contribution in [-0.4, -0.2) is 41.0 Å². The fourth-order valence-electron chi connectivity index (χ4n) is 3.71. The number of carbonyl (C=O) groups excluding carboxylic acids is 1. The second-order valence-electron chi connectivity index (χ2n) is 7.33. The lowest BCUT2D eigenvalue weighted by Crippen LogP contribution is -2.42. The molecule has 160 valence electrons. The van der Waals surface area contributed by atoms with E-state index in [9.17, 15) is 13.6 Å². The maximum atomic E-state index is 13.8. The molecular formula is C21H18F2N4O4. The summed E-state index contributed by atoms with van der Waals surface area (Å²) in [6, 6.07) is 8.18. The van der Waals surface area contributed by atoms with Crippen molar-refractivity contribution in [2.45, 2.75) is 18.8 Å². The SMILES string of the molecule is O=C(Nc1c(F)cccc1F)N1CCCC(c2nnc(-c3ccc4c(c3)OCO4)o2)C1. The number of urea groups is 1. The van der Waals surface area contributed by atoms with Gasteiger partial charge in [-0.05, 0) is 43.2 Å². The molecule has 3 aromatic rings. The lowest BCUT2D eigenvalue weighted by atomic mass is 9.98. The number of halogens is 2. The van der Waals surface area contributed by atoms with Gasteiger partial charge in [0.2, 0.25) is 18.6 Å². The van der Waals surface area contributed by atoms with Gasteiger partial charge in [-0.2, -0.15) is 0 Å². The van der Waals surface area contributed by atoms with E-state index in [0.29, 0.717) is 48.4 Å². The van der Waals surface area contributed by atoms with E-state index in [-0.39, 0.29) is 12.7 Å². The molecule has 1 N–H and O–H groups in total. The van der Waals surface area contributed by atoms with Crippen LogP contribution in [-0.2, 0) is 0 Å². The van der Waals surface area contributed by atoms with Crippen molar-refractivity contribution in [3.05, 3.63) is 53.9 Å². The number of rotatable bonds is 3. The largest absolute Gasteiger partial charge is 0.454 e. The Bertz CT molecular complexity index is 1120. The second-order valence-corrected chi connectivity index (χ2v) is 7.33. The third-order valence-electron chi connectivity index (χ3n) is 5.31. The minimum absolute atomic E-state index is 0.171. The summed E-state index contributed by atoms with van der Waals surface area (Å²) in [5.74, 6) is 0.173. The maximum absolute atomic E-state index is 13.8. The molecule has 1 fully saturated rings. The Kier molecular flexibility index (Phi) is 4.89. The van der Waals surface area contributed by atoms with Gasteiger partial charge in [-0.3, -0.25) is 0 Å². The number of hydrogen-bond acceptors (Lipinski definition) is 6. The smallest absolute Gasteiger partial charge is 0.322 e. The molecule has 10 heteroatoms. The van der Waals surface area contributed by atoms with Crippen LogP contribution in [0.25, 0.3) is 11.5 Å². The lowest BCUT2D eigenvalue weighted by molar-refractivity contribution is 0.174. The number of likely N-dealkylation sites (tertiary alicyclic amines) is 1. The average molecular weight is 428 g/mol. The molecule has 0 saturated carbocycles. The zero-order valence-electron chi connectivity index (χ0n) is 16.3. The van der Waals surface area contributed by atoms with Crippen molar-refractivity contribution in [1.29, 1.82) is 0 Å². The molecule has 1 atom stereocenters. The summed E-state index contributed by atoms with van der Waals surface area (Å²) >= 11 is 0. The number of nitrogens with one attached hydrogen (secondary N) is 1. The molecule has 0 radical (unpaired) electrons. The molecule has 3 heterocycles. The van der Waals surface area contributed by atoms with Crippen LogP contribution < -0.4 is 14.8 Å². The number of fused-ring (bicyclic) bond motifs is 1. The molecular weight excluding hydrogens is 410 g/mol. The topological polar surface area (TPSA) is 89.7 Å². The summed E-state index contributed by atoms with van der Waals surface area (Å²) in [4.78, 5) is 14.1. The van der Waals surface area contributed by atoms with E-state index in [2.05, 4.69) is 15.5 Å². The molecule has 5 rings (SSSR count). The highest BCUT2D eigenvalue weighted by Gasteiger charge is 2.29. The molecule has 1 saturated heterocycles. The summed E-state index contributed by atoms with van der Waals surface area (Å²) in [5.41, 5.74) is 0.237. The molecule has 1 aromatic heterocycles. The predicted molar refractivity (Wildman–Crippen MR) is 105 cm³/mol. The average Bonchev–Trinajstić information content (AvgIpc) is 3.45. The van der Waals surface area contributed by atoms with Crippen LogP contribution in [0.4, 0.5) is 19.3 Å². The van der Waals surface area contributed by atoms with Crippen LogP contribution in [0.15, 0.2) is 40.8 Å². The minimum atomic E-state index is -0.827. The van der Waals surface area contributed by atoms with Gasteiger partial charge in [0.15, 0.2) is 11.5 Å². The van der Waals surface area contributed by atoms with E-state index >= 15 is 0 Å². The molecule has 2 aromatic carbocycles. The van der Waals surface area contributed by atoms with Crippen molar-refractivity contribution in [3.63, 3.8) is 0 Å². The summed E-state index contributed by atoms with van der Waals surface area (Å²) in [5, 5.41) is 10.6. The summed E-state index contributed by atoms with van der Waals surface area (Å²) in [7, 11) is 0. The van der Waals surface area contributed by atoms with E-state index < -0.39 is 23.4 Å².